The van der Waals surface area contributed by atoms with Crippen molar-refractivity contribution in [3.05, 3.63) is 12.2 Å². The zero-order valence-corrected chi connectivity index (χ0v) is 7.76. The Labute approximate surface area is 78.8 Å². The zero-order chi connectivity index (χ0) is 8.58. The molecule has 0 aromatic rings. The zero-order valence-electron chi connectivity index (χ0n) is 7.76. The van der Waals surface area contributed by atoms with Crippen molar-refractivity contribution < 1.29 is 5.11 Å². The third-order valence-electron chi connectivity index (χ3n) is 5.24. The molecule has 0 aliphatic heterocycles. The Morgan fingerprint density at radius 1 is 0.923 bits per heavy atom. The summed E-state index contributed by atoms with van der Waals surface area (Å²) in [5.74, 6) is 5.16. The maximum Gasteiger partial charge on any atom is 0.0574 e. The Kier molecular flexibility index (Phi) is 1.10. The highest BCUT2D eigenvalue weighted by Crippen LogP contribution is 2.65. The minimum Gasteiger partial charge on any atom is -0.393 e. The topological polar surface area (TPSA) is 20.2 Å². The van der Waals surface area contributed by atoms with Crippen molar-refractivity contribution in [2.45, 2.75) is 25.4 Å². The average Bonchev–Trinajstić information content (AvgIpc) is 2.78. The summed E-state index contributed by atoms with van der Waals surface area (Å²) < 4.78 is 0. The Morgan fingerprint density at radius 2 is 1.69 bits per heavy atom. The Balaban J connectivity index is 1.79. The van der Waals surface area contributed by atoms with Crippen LogP contribution in [0.5, 0.6) is 0 Å². The lowest BCUT2D eigenvalue weighted by molar-refractivity contribution is 0.0484. The maximum absolute atomic E-state index is 9.87. The van der Waals surface area contributed by atoms with E-state index in [9.17, 15) is 5.11 Å². The maximum atomic E-state index is 9.87. The minimum absolute atomic E-state index is 0.0546. The molecule has 0 heterocycles. The van der Waals surface area contributed by atoms with Crippen LogP contribution in [0.3, 0.4) is 0 Å². The molecule has 0 spiro atoms. The highest BCUT2D eigenvalue weighted by Gasteiger charge is 2.60. The van der Waals surface area contributed by atoms with Crippen LogP contribution in [0.4, 0.5) is 0 Å². The second kappa shape index (κ2) is 2.03. The fourth-order valence-electron chi connectivity index (χ4n) is 4.98. The molecule has 4 rings (SSSR count). The summed E-state index contributed by atoms with van der Waals surface area (Å²) in [5.41, 5.74) is 0. The number of aliphatic hydroxyl groups is 1. The fraction of sp³-hybridized carbons (Fsp3) is 0.833. The molecule has 0 saturated heterocycles. The molecule has 7 atom stereocenters. The van der Waals surface area contributed by atoms with Gasteiger partial charge in [0.1, 0.15) is 0 Å². The van der Waals surface area contributed by atoms with E-state index in [1.54, 1.807) is 0 Å². The first-order valence-corrected chi connectivity index (χ1v) is 5.71. The first-order chi connectivity index (χ1) is 6.34. The number of fused-ring (bicyclic) bond motifs is 9. The third-order valence-corrected chi connectivity index (χ3v) is 5.24. The van der Waals surface area contributed by atoms with E-state index >= 15 is 0 Å². The van der Waals surface area contributed by atoms with Gasteiger partial charge in [-0.2, -0.15) is 0 Å². The molecular formula is C12H16O. The molecule has 4 aliphatic carbocycles. The summed E-state index contributed by atoms with van der Waals surface area (Å²) in [6.07, 6.45) is 8.81. The van der Waals surface area contributed by atoms with E-state index in [-0.39, 0.29) is 6.10 Å². The first-order valence-electron chi connectivity index (χ1n) is 5.71. The lowest BCUT2D eigenvalue weighted by Gasteiger charge is -2.34. The summed E-state index contributed by atoms with van der Waals surface area (Å²) in [6, 6.07) is 0. The van der Waals surface area contributed by atoms with Gasteiger partial charge in [-0.1, -0.05) is 12.2 Å². The summed E-state index contributed by atoms with van der Waals surface area (Å²) in [5, 5.41) is 9.87. The summed E-state index contributed by atoms with van der Waals surface area (Å²) in [6.45, 7) is 0. The summed E-state index contributed by atoms with van der Waals surface area (Å²) in [7, 11) is 0. The molecule has 4 aliphatic rings. The molecule has 0 aromatic heterocycles. The van der Waals surface area contributed by atoms with Gasteiger partial charge in [0.15, 0.2) is 0 Å². The monoisotopic (exact) mass is 176 g/mol. The van der Waals surface area contributed by atoms with Crippen molar-refractivity contribution >= 4 is 0 Å². The third kappa shape index (κ3) is 0.665. The van der Waals surface area contributed by atoms with Crippen molar-refractivity contribution in [2.75, 3.05) is 0 Å². The second-order valence-corrected chi connectivity index (χ2v) is 5.57. The van der Waals surface area contributed by atoms with E-state index < -0.39 is 0 Å². The van der Waals surface area contributed by atoms with Gasteiger partial charge in [-0.25, -0.2) is 0 Å². The molecule has 13 heavy (non-hydrogen) atoms. The van der Waals surface area contributed by atoms with Gasteiger partial charge in [0.25, 0.3) is 0 Å². The smallest absolute Gasteiger partial charge is 0.0574 e. The minimum atomic E-state index is 0.0546. The van der Waals surface area contributed by atoms with Crippen LogP contribution in [-0.2, 0) is 0 Å². The van der Waals surface area contributed by atoms with E-state index in [1.165, 1.54) is 12.8 Å². The Bertz CT molecular complexity index is 283. The number of aliphatic hydroxyl groups excluding tert-OH is 1. The van der Waals surface area contributed by atoms with E-state index in [0.29, 0.717) is 5.92 Å². The van der Waals surface area contributed by atoms with E-state index in [2.05, 4.69) is 12.2 Å². The number of allylic oxidation sites excluding steroid dienone is 2. The number of hydrogen-bond donors (Lipinski definition) is 1. The highest BCUT2D eigenvalue weighted by molar-refractivity contribution is 5.20. The van der Waals surface area contributed by atoms with E-state index in [1.807, 2.05) is 0 Å². The molecule has 0 radical (unpaired) electrons. The van der Waals surface area contributed by atoms with Crippen LogP contribution >= 0.6 is 0 Å². The first kappa shape index (κ1) is 7.05. The van der Waals surface area contributed by atoms with Crippen LogP contribution < -0.4 is 0 Å². The van der Waals surface area contributed by atoms with Gasteiger partial charge in [0.2, 0.25) is 0 Å². The molecule has 70 valence electrons. The molecule has 3 saturated carbocycles. The number of rotatable bonds is 0. The highest BCUT2D eigenvalue weighted by atomic mass is 16.3. The Morgan fingerprint density at radius 3 is 2.54 bits per heavy atom. The van der Waals surface area contributed by atoms with Gasteiger partial charge in [0, 0.05) is 0 Å². The van der Waals surface area contributed by atoms with Crippen LogP contribution in [0.25, 0.3) is 0 Å². The normalized spacial score (nSPS) is 66.4. The van der Waals surface area contributed by atoms with Gasteiger partial charge >= 0.3 is 0 Å². The molecule has 3 fully saturated rings. The van der Waals surface area contributed by atoms with Crippen LogP contribution in [0.2, 0.25) is 0 Å². The number of hydrogen-bond acceptors (Lipinski definition) is 1. The summed E-state index contributed by atoms with van der Waals surface area (Å²) >= 11 is 0. The second-order valence-electron chi connectivity index (χ2n) is 5.57. The largest absolute Gasteiger partial charge is 0.393 e. The summed E-state index contributed by atoms with van der Waals surface area (Å²) in [4.78, 5) is 0. The van der Waals surface area contributed by atoms with Gasteiger partial charge in [-0.15, -0.1) is 0 Å². The average molecular weight is 176 g/mol. The van der Waals surface area contributed by atoms with Crippen LogP contribution in [-0.4, -0.2) is 11.2 Å². The van der Waals surface area contributed by atoms with Crippen molar-refractivity contribution in [1.29, 1.82) is 0 Å². The van der Waals surface area contributed by atoms with Crippen molar-refractivity contribution in [2.24, 2.45) is 35.5 Å². The van der Waals surface area contributed by atoms with Crippen LogP contribution in [0.1, 0.15) is 19.3 Å². The van der Waals surface area contributed by atoms with Gasteiger partial charge in [-0.05, 0) is 54.8 Å². The quantitative estimate of drug-likeness (QED) is 0.441. The molecule has 0 amide bonds. The predicted octanol–water partition coefficient (Wildman–Crippen LogP) is 1.83. The van der Waals surface area contributed by atoms with Crippen molar-refractivity contribution in [3.63, 3.8) is 0 Å². The molecule has 1 N–H and O–H groups in total. The molecule has 4 bridgehead atoms. The molecular weight excluding hydrogens is 160 g/mol. The lowest BCUT2D eigenvalue weighted by atomic mass is 9.72. The van der Waals surface area contributed by atoms with Crippen molar-refractivity contribution in [1.82, 2.24) is 0 Å². The molecule has 1 nitrogen and oxygen atoms in total. The molecule has 0 unspecified atom stereocenters. The van der Waals surface area contributed by atoms with E-state index in [4.69, 9.17) is 0 Å². The van der Waals surface area contributed by atoms with Gasteiger partial charge in [-0.3, -0.25) is 0 Å². The predicted molar refractivity (Wildman–Crippen MR) is 49.9 cm³/mol. The van der Waals surface area contributed by atoms with Gasteiger partial charge in [0.05, 0.1) is 6.10 Å². The van der Waals surface area contributed by atoms with E-state index in [0.717, 1.165) is 36.0 Å². The van der Waals surface area contributed by atoms with Gasteiger partial charge < -0.3 is 5.11 Å². The molecule has 1 heteroatoms. The van der Waals surface area contributed by atoms with Crippen LogP contribution in [0, 0.1) is 35.5 Å². The van der Waals surface area contributed by atoms with Crippen LogP contribution in [0.15, 0.2) is 12.2 Å². The SMILES string of the molecule is O[C@@H]1C[C@H]2C[C@H]1[C@@H]1[C@H]2[C@H]2C=C[C@H]1C2. The Hall–Kier alpha value is -0.300. The fourth-order valence-corrected chi connectivity index (χ4v) is 4.98. The standard InChI is InChI=1S/C12H16O/c13-10-5-8-4-9(10)12-7-2-1-6(3-7)11(8)12/h1-2,6-13H,3-5H2/t6-,7-,8+,9+,10+,11-,12+/m0/s1. The van der Waals surface area contributed by atoms with Crippen molar-refractivity contribution in [3.8, 4) is 0 Å². The lowest BCUT2D eigenvalue weighted by Crippen LogP contribution is -2.33. The molecule has 0 aromatic carbocycles.